The topological polar surface area (TPSA) is 20.3 Å². The predicted molar refractivity (Wildman–Crippen MR) is 62.0 cm³/mol. The van der Waals surface area contributed by atoms with E-state index in [2.05, 4.69) is 0 Å². The second-order valence-corrected chi connectivity index (χ2v) is 4.30. The maximum absolute atomic E-state index is 12.0. The Bertz CT molecular complexity index is 414. The lowest BCUT2D eigenvalue weighted by Crippen LogP contribution is -2.38. The lowest BCUT2D eigenvalue weighted by Gasteiger charge is -2.30. The number of rotatable bonds is 1. The van der Waals surface area contributed by atoms with Gasteiger partial charge >= 0.3 is 0 Å². The van der Waals surface area contributed by atoms with Crippen LogP contribution in [0.5, 0.6) is 0 Å². The summed E-state index contributed by atoms with van der Waals surface area (Å²) in [4.78, 5) is 13.9. The molecule has 1 amide bonds. The highest BCUT2D eigenvalue weighted by Crippen LogP contribution is 2.27. The molecule has 0 spiro atoms. The summed E-state index contributed by atoms with van der Waals surface area (Å²) in [5, 5.41) is 0. The summed E-state index contributed by atoms with van der Waals surface area (Å²) in [5.41, 5.74) is 2.13. The van der Waals surface area contributed by atoms with Crippen LogP contribution in [-0.2, 0) is 11.2 Å². The summed E-state index contributed by atoms with van der Waals surface area (Å²) in [6.07, 6.45) is 1.97. The second kappa shape index (κ2) is 4.05. The first-order valence-corrected chi connectivity index (χ1v) is 5.50. The third-order valence-corrected chi connectivity index (χ3v) is 2.80. The van der Waals surface area contributed by atoms with E-state index in [1.807, 2.05) is 30.9 Å². The number of carbonyl (C=O) groups excluding carboxylic acids is 1. The average Bonchev–Trinajstić information content (AvgIpc) is 2.26. The van der Waals surface area contributed by atoms with Crippen LogP contribution in [0.2, 0.25) is 0 Å². The Hall–Kier alpha value is -1.31. The molecule has 1 aromatic rings. The van der Waals surface area contributed by atoms with Gasteiger partial charge in [-0.05, 0) is 24.5 Å². The van der Waals surface area contributed by atoms with Crippen molar-refractivity contribution in [3.63, 3.8) is 0 Å². The summed E-state index contributed by atoms with van der Waals surface area (Å²) in [7, 11) is 0. The van der Waals surface area contributed by atoms with Crippen LogP contribution in [0.25, 0.3) is 0 Å². The van der Waals surface area contributed by atoms with Crippen molar-refractivity contribution in [1.82, 2.24) is 0 Å². The predicted octanol–water partition coefficient (Wildman–Crippen LogP) is 2.62. The maximum atomic E-state index is 12.0. The van der Waals surface area contributed by atoms with Crippen molar-refractivity contribution in [3.8, 4) is 0 Å². The molecule has 0 N–H and O–H groups in total. The highest BCUT2D eigenvalue weighted by Gasteiger charge is 2.23. The number of carbonyl (C=O) groups is 1. The number of aryl methyl sites for hydroxylation is 1. The van der Waals surface area contributed by atoms with Gasteiger partial charge in [-0.25, -0.2) is 0 Å². The molecule has 0 aromatic heterocycles. The molecule has 0 aliphatic carbocycles. The van der Waals surface area contributed by atoms with Crippen molar-refractivity contribution in [2.24, 2.45) is 5.92 Å². The Labute approximate surface area is 92.3 Å². The molecule has 2 heteroatoms. The minimum Gasteiger partial charge on any atom is -0.312 e. The van der Waals surface area contributed by atoms with Gasteiger partial charge in [0.2, 0.25) is 5.91 Å². The van der Waals surface area contributed by atoms with E-state index >= 15 is 0 Å². The molecule has 0 saturated heterocycles. The molecular weight excluding hydrogens is 186 g/mol. The van der Waals surface area contributed by atoms with Crippen molar-refractivity contribution >= 4 is 11.6 Å². The molecule has 0 bridgehead atoms. The third-order valence-electron chi connectivity index (χ3n) is 2.80. The first-order valence-electron chi connectivity index (χ1n) is 6.00. The van der Waals surface area contributed by atoms with Crippen molar-refractivity contribution in [3.05, 3.63) is 29.8 Å². The smallest absolute Gasteiger partial charge is 0.229 e. The lowest BCUT2D eigenvalue weighted by molar-refractivity contribution is -0.121. The number of benzene rings is 1. The number of para-hydroxylation sites is 1. The summed E-state index contributed by atoms with van der Waals surface area (Å²) in [5.74, 6) is 0.209. The van der Waals surface area contributed by atoms with Gasteiger partial charge in [0, 0.05) is 18.2 Å². The van der Waals surface area contributed by atoms with Gasteiger partial charge in [0.15, 0.2) is 0 Å². The number of fused-ring (bicyclic) bond motifs is 1. The van der Waals surface area contributed by atoms with E-state index in [1.54, 1.807) is 6.07 Å². The van der Waals surface area contributed by atoms with Crippen LogP contribution in [0.1, 0.15) is 27.2 Å². The Morgan fingerprint density at radius 1 is 1.53 bits per heavy atom. The molecule has 1 heterocycles. The summed E-state index contributed by atoms with van der Waals surface area (Å²) in [6, 6.07) is 6.05. The van der Waals surface area contributed by atoms with Crippen LogP contribution in [-0.4, -0.2) is 12.5 Å². The molecule has 2 rings (SSSR count). The molecule has 0 atom stereocenters. The molecule has 1 aliphatic rings. The first-order chi connectivity index (χ1) is 7.59. The molecule has 2 nitrogen and oxygen atoms in total. The maximum Gasteiger partial charge on any atom is 0.229 e. The third kappa shape index (κ3) is 1.89. The van der Waals surface area contributed by atoms with Gasteiger partial charge < -0.3 is 4.90 Å². The van der Waals surface area contributed by atoms with Gasteiger partial charge in [0.25, 0.3) is 0 Å². The van der Waals surface area contributed by atoms with Crippen LogP contribution in [0.3, 0.4) is 0 Å². The SMILES string of the molecule is [3H]c1ccc2c(c1)CCCN2C(=O)C(C)C. The number of amides is 1. The summed E-state index contributed by atoms with van der Waals surface area (Å²) in [6.45, 7) is 4.66. The molecule has 15 heavy (non-hydrogen) atoms. The lowest BCUT2D eigenvalue weighted by atomic mass is 10.0. The fraction of sp³-hybridized carbons (Fsp3) is 0.462. The van der Waals surface area contributed by atoms with E-state index in [0.717, 1.165) is 30.6 Å². The quantitative estimate of drug-likeness (QED) is 0.690. The largest absolute Gasteiger partial charge is 0.312 e. The van der Waals surface area contributed by atoms with Gasteiger partial charge in [-0.1, -0.05) is 32.0 Å². The fourth-order valence-electron chi connectivity index (χ4n) is 2.01. The summed E-state index contributed by atoms with van der Waals surface area (Å²) < 4.78 is 7.59. The highest BCUT2D eigenvalue weighted by molar-refractivity contribution is 5.95. The van der Waals surface area contributed by atoms with E-state index in [-0.39, 0.29) is 11.8 Å². The standard InChI is InChI=1S/C13H17NO/c1-10(2)13(15)14-9-5-7-11-6-3-4-8-12(11)14/h3-4,6,8,10H,5,7,9H2,1-2H3/i3T. The Morgan fingerprint density at radius 3 is 3.07 bits per heavy atom. The van der Waals surface area contributed by atoms with E-state index in [0.29, 0.717) is 6.04 Å². The zero-order valence-electron chi connectivity index (χ0n) is 10.3. The monoisotopic (exact) mass is 205 g/mol. The van der Waals surface area contributed by atoms with E-state index in [1.165, 1.54) is 0 Å². The van der Waals surface area contributed by atoms with Gasteiger partial charge in [0.1, 0.15) is 0 Å². The normalized spacial score (nSPS) is 16.2. The zero-order chi connectivity index (χ0) is 11.7. The van der Waals surface area contributed by atoms with Crippen molar-refractivity contribution in [1.29, 1.82) is 0 Å². The molecular formula is C13H17NO. The minimum atomic E-state index is 0.0293. The molecule has 0 saturated carbocycles. The second-order valence-electron chi connectivity index (χ2n) is 4.30. The fourth-order valence-corrected chi connectivity index (χ4v) is 2.01. The Morgan fingerprint density at radius 2 is 2.33 bits per heavy atom. The van der Waals surface area contributed by atoms with Crippen LogP contribution < -0.4 is 4.90 Å². The molecule has 0 fully saturated rings. The van der Waals surface area contributed by atoms with Crippen LogP contribution in [0, 0.1) is 5.92 Å². The number of hydrogen-bond donors (Lipinski definition) is 0. The van der Waals surface area contributed by atoms with Crippen molar-refractivity contribution in [2.75, 3.05) is 11.4 Å². The van der Waals surface area contributed by atoms with Gasteiger partial charge in [-0.3, -0.25) is 4.79 Å². The van der Waals surface area contributed by atoms with E-state index < -0.39 is 0 Å². The first kappa shape index (κ1) is 8.96. The molecule has 80 valence electrons. The van der Waals surface area contributed by atoms with Gasteiger partial charge in [-0.2, -0.15) is 0 Å². The highest BCUT2D eigenvalue weighted by atomic mass is 16.2. The number of hydrogen-bond acceptors (Lipinski definition) is 1. The van der Waals surface area contributed by atoms with Gasteiger partial charge in [0.05, 0.1) is 1.37 Å². The van der Waals surface area contributed by atoms with Crippen LogP contribution in [0.15, 0.2) is 24.2 Å². The molecule has 0 radical (unpaired) electrons. The molecule has 1 aliphatic heterocycles. The molecule has 1 aromatic carbocycles. The van der Waals surface area contributed by atoms with Crippen LogP contribution in [0.4, 0.5) is 5.69 Å². The van der Waals surface area contributed by atoms with Crippen molar-refractivity contribution in [2.45, 2.75) is 26.7 Å². The Balaban J connectivity index is 2.37. The van der Waals surface area contributed by atoms with E-state index in [9.17, 15) is 4.79 Å². The number of nitrogens with zero attached hydrogens (tertiary/aromatic N) is 1. The van der Waals surface area contributed by atoms with Crippen LogP contribution >= 0.6 is 0 Å². The molecule has 0 unspecified atom stereocenters. The van der Waals surface area contributed by atoms with Gasteiger partial charge in [-0.15, -0.1) is 0 Å². The zero-order valence-corrected chi connectivity index (χ0v) is 9.29. The Kier molecular flexibility index (Phi) is 2.42. The minimum absolute atomic E-state index is 0.0293. The van der Waals surface area contributed by atoms with E-state index in [4.69, 9.17) is 1.37 Å². The summed E-state index contributed by atoms with van der Waals surface area (Å²) >= 11 is 0. The number of anilines is 1. The van der Waals surface area contributed by atoms with Crippen molar-refractivity contribution < 1.29 is 6.17 Å². The average molecular weight is 205 g/mol.